The van der Waals surface area contributed by atoms with Crippen molar-refractivity contribution in [3.8, 4) is 0 Å². The minimum absolute atomic E-state index is 0.157. The lowest BCUT2D eigenvalue weighted by molar-refractivity contribution is -0.120. The smallest absolute Gasteiger partial charge is 0.248 e. The number of H-pyrrole nitrogens is 1. The summed E-state index contributed by atoms with van der Waals surface area (Å²) in [6.07, 6.45) is 3.60. The van der Waals surface area contributed by atoms with E-state index in [0.717, 1.165) is 0 Å². The SMILES string of the molecule is CCC(=O)[N]c1ncc[nH]1. The Balaban J connectivity index is 2.48. The van der Waals surface area contributed by atoms with Gasteiger partial charge in [-0.1, -0.05) is 6.92 Å². The fourth-order valence-corrected chi connectivity index (χ4v) is 0.515. The molecule has 0 atom stereocenters. The van der Waals surface area contributed by atoms with Crippen LogP contribution in [0.5, 0.6) is 0 Å². The Morgan fingerprint density at radius 3 is 3.20 bits per heavy atom. The van der Waals surface area contributed by atoms with Crippen molar-refractivity contribution in [3.05, 3.63) is 12.4 Å². The fraction of sp³-hybridized carbons (Fsp3) is 0.333. The first-order chi connectivity index (χ1) is 4.83. The highest BCUT2D eigenvalue weighted by Gasteiger charge is 2.01. The maximum atomic E-state index is 10.7. The molecule has 0 saturated carbocycles. The van der Waals surface area contributed by atoms with Crippen molar-refractivity contribution in [1.82, 2.24) is 15.3 Å². The van der Waals surface area contributed by atoms with E-state index in [-0.39, 0.29) is 5.91 Å². The highest BCUT2D eigenvalue weighted by molar-refractivity contribution is 5.78. The van der Waals surface area contributed by atoms with Crippen molar-refractivity contribution in [3.63, 3.8) is 0 Å². The van der Waals surface area contributed by atoms with E-state index in [1.807, 2.05) is 0 Å². The van der Waals surface area contributed by atoms with E-state index in [4.69, 9.17) is 0 Å². The number of carbonyl (C=O) groups excluding carboxylic acids is 1. The van der Waals surface area contributed by atoms with Gasteiger partial charge in [-0.15, -0.1) is 0 Å². The van der Waals surface area contributed by atoms with Gasteiger partial charge in [-0.05, 0) is 0 Å². The molecular formula is C6H8N3O. The predicted octanol–water partition coefficient (Wildman–Crippen LogP) is 0.582. The molecule has 1 aromatic heterocycles. The van der Waals surface area contributed by atoms with Gasteiger partial charge in [0, 0.05) is 18.8 Å². The second-order valence-corrected chi connectivity index (χ2v) is 1.77. The Morgan fingerprint density at radius 1 is 1.90 bits per heavy atom. The molecule has 0 aliphatic heterocycles. The summed E-state index contributed by atoms with van der Waals surface area (Å²) in [5.41, 5.74) is 0. The van der Waals surface area contributed by atoms with Gasteiger partial charge in [0.1, 0.15) is 0 Å². The van der Waals surface area contributed by atoms with Gasteiger partial charge in [0.05, 0.1) is 0 Å². The Kier molecular flexibility index (Phi) is 2.04. The van der Waals surface area contributed by atoms with Crippen molar-refractivity contribution in [2.75, 3.05) is 0 Å². The van der Waals surface area contributed by atoms with Gasteiger partial charge < -0.3 is 4.98 Å². The molecule has 1 heterocycles. The van der Waals surface area contributed by atoms with Crippen molar-refractivity contribution in [2.24, 2.45) is 0 Å². The second-order valence-electron chi connectivity index (χ2n) is 1.77. The highest BCUT2D eigenvalue weighted by Crippen LogP contribution is 1.95. The van der Waals surface area contributed by atoms with Crippen LogP contribution in [0, 0.1) is 0 Å². The van der Waals surface area contributed by atoms with Crippen LogP contribution in [0.3, 0.4) is 0 Å². The van der Waals surface area contributed by atoms with E-state index in [9.17, 15) is 4.79 Å². The summed E-state index contributed by atoms with van der Waals surface area (Å²) < 4.78 is 0. The van der Waals surface area contributed by atoms with Crippen LogP contribution in [-0.2, 0) is 4.79 Å². The lowest BCUT2D eigenvalue weighted by Crippen LogP contribution is -2.09. The molecule has 1 rings (SSSR count). The molecule has 0 spiro atoms. The summed E-state index contributed by atoms with van der Waals surface area (Å²) in [5, 5.41) is 3.63. The van der Waals surface area contributed by atoms with E-state index >= 15 is 0 Å². The number of hydrogen-bond donors (Lipinski definition) is 1. The first-order valence-corrected chi connectivity index (χ1v) is 3.07. The third kappa shape index (κ3) is 1.58. The molecule has 1 amide bonds. The molecule has 1 N–H and O–H groups in total. The van der Waals surface area contributed by atoms with Gasteiger partial charge in [0.2, 0.25) is 11.9 Å². The van der Waals surface area contributed by atoms with Gasteiger partial charge >= 0.3 is 0 Å². The van der Waals surface area contributed by atoms with Crippen LogP contribution in [-0.4, -0.2) is 15.9 Å². The van der Waals surface area contributed by atoms with Crippen LogP contribution >= 0.6 is 0 Å². The molecule has 0 aliphatic rings. The van der Waals surface area contributed by atoms with Crippen molar-refractivity contribution >= 4 is 11.9 Å². The predicted molar refractivity (Wildman–Crippen MR) is 35.7 cm³/mol. The Labute approximate surface area is 58.7 Å². The summed E-state index contributed by atoms with van der Waals surface area (Å²) >= 11 is 0. The minimum Gasteiger partial charge on any atom is -0.329 e. The fourth-order valence-electron chi connectivity index (χ4n) is 0.515. The molecule has 4 nitrogen and oxygen atoms in total. The number of aromatic nitrogens is 2. The van der Waals surface area contributed by atoms with Crippen LogP contribution in [0.25, 0.3) is 0 Å². The number of imidazole rings is 1. The summed E-state index contributed by atoms with van der Waals surface area (Å²) in [5.74, 6) is 0.224. The van der Waals surface area contributed by atoms with Crippen LogP contribution in [0.1, 0.15) is 13.3 Å². The standard InChI is InChI=1S/C6H8N3O/c1-2-5(10)9-6-7-3-4-8-6/h3-4H,2H2,1H3,(H,7,8). The van der Waals surface area contributed by atoms with Crippen LogP contribution in [0.2, 0.25) is 0 Å². The molecule has 0 unspecified atom stereocenters. The van der Waals surface area contributed by atoms with Crippen molar-refractivity contribution in [1.29, 1.82) is 0 Å². The number of rotatable bonds is 2. The number of carbonyl (C=O) groups is 1. The molecule has 0 aromatic carbocycles. The summed E-state index contributed by atoms with van der Waals surface area (Å²) in [7, 11) is 0. The monoisotopic (exact) mass is 138 g/mol. The van der Waals surface area contributed by atoms with Gasteiger partial charge in [0.25, 0.3) is 0 Å². The maximum absolute atomic E-state index is 10.7. The topological polar surface area (TPSA) is 59.9 Å². The quantitative estimate of drug-likeness (QED) is 0.649. The number of hydrogen-bond acceptors (Lipinski definition) is 2. The largest absolute Gasteiger partial charge is 0.329 e. The van der Waals surface area contributed by atoms with E-state index in [0.29, 0.717) is 12.4 Å². The molecule has 10 heavy (non-hydrogen) atoms. The highest BCUT2D eigenvalue weighted by atomic mass is 16.1. The third-order valence-corrected chi connectivity index (χ3v) is 1.02. The zero-order chi connectivity index (χ0) is 7.40. The molecule has 0 aliphatic carbocycles. The summed E-state index contributed by atoms with van der Waals surface area (Å²) in [6, 6.07) is 0. The van der Waals surface area contributed by atoms with Crippen molar-refractivity contribution in [2.45, 2.75) is 13.3 Å². The summed E-state index contributed by atoms with van der Waals surface area (Å²) in [4.78, 5) is 17.1. The normalized spacial score (nSPS) is 9.30. The van der Waals surface area contributed by atoms with Crippen molar-refractivity contribution < 1.29 is 4.79 Å². The molecular weight excluding hydrogens is 130 g/mol. The average molecular weight is 138 g/mol. The Morgan fingerprint density at radius 2 is 2.70 bits per heavy atom. The molecule has 53 valence electrons. The number of nitrogens with zero attached hydrogens (tertiary/aromatic N) is 2. The number of amides is 1. The molecule has 0 fully saturated rings. The van der Waals surface area contributed by atoms with Crippen LogP contribution < -0.4 is 5.32 Å². The Hall–Kier alpha value is -1.32. The van der Waals surface area contributed by atoms with E-state index in [2.05, 4.69) is 15.3 Å². The Bertz CT molecular complexity index is 205. The molecule has 0 saturated heterocycles. The van der Waals surface area contributed by atoms with Gasteiger partial charge in [-0.3, -0.25) is 4.79 Å². The zero-order valence-corrected chi connectivity index (χ0v) is 5.66. The van der Waals surface area contributed by atoms with E-state index in [1.54, 1.807) is 19.3 Å². The lowest BCUT2D eigenvalue weighted by atomic mass is 10.5. The van der Waals surface area contributed by atoms with E-state index in [1.165, 1.54) is 0 Å². The first kappa shape index (κ1) is 6.80. The van der Waals surface area contributed by atoms with Crippen LogP contribution in [0.15, 0.2) is 12.4 Å². The first-order valence-electron chi connectivity index (χ1n) is 3.07. The third-order valence-electron chi connectivity index (χ3n) is 1.02. The lowest BCUT2D eigenvalue weighted by Gasteiger charge is -1.91. The molecule has 1 radical (unpaired) electrons. The van der Waals surface area contributed by atoms with E-state index < -0.39 is 0 Å². The molecule has 0 bridgehead atoms. The zero-order valence-electron chi connectivity index (χ0n) is 5.66. The number of nitrogens with one attached hydrogen (secondary N) is 1. The summed E-state index contributed by atoms with van der Waals surface area (Å²) in [6.45, 7) is 1.76. The second kappa shape index (κ2) is 3.00. The van der Waals surface area contributed by atoms with Gasteiger partial charge in [-0.25, -0.2) is 4.98 Å². The maximum Gasteiger partial charge on any atom is 0.248 e. The molecule has 4 heteroatoms. The average Bonchev–Trinajstić information content (AvgIpc) is 2.40. The molecule has 1 aromatic rings. The minimum atomic E-state index is -0.157. The van der Waals surface area contributed by atoms with Gasteiger partial charge in [0.15, 0.2) is 0 Å². The van der Waals surface area contributed by atoms with Gasteiger partial charge in [-0.2, -0.15) is 5.32 Å². The van der Waals surface area contributed by atoms with Crippen LogP contribution in [0.4, 0.5) is 5.95 Å². The number of aromatic amines is 1.